The minimum absolute atomic E-state index is 0.149. The van der Waals surface area contributed by atoms with Crippen LogP contribution in [0.3, 0.4) is 0 Å². The van der Waals surface area contributed by atoms with E-state index in [9.17, 15) is 4.79 Å². The maximum atomic E-state index is 13.6. The van der Waals surface area contributed by atoms with Gasteiger partial charge in [0, 0.05) is 33.5 Å². The van der Waals surface area contributed by atoms with Crippen LogP contribution in [-0.2, 0) is 0 Å². The molecule has 170 valence electrons. The second kappa shape index (κ2) is 10.0. The zero-order valence-corrected chi connectivity index (χ0v) is 20.8. The number of aromatic amines is 1. The molecule has 0 amide bonds. The molecule has 0 aliphatic rings. The number of halogens is 1. The van der Waals surface area contributed by atoms with Crippen LogP contribution in [0.2, 0.25) is 5.02 Å². The fraction of sp³-hybridized carbons (Fsp3) is 0.115. The Labute approximate surface area is 210 Å². The molecule has 1 N–H and O–H groups in total. The van der Waals surface area contributed by atoms with E-state index >= 15 is 0 Å². The highest BCUT2D eigenvalue weighted by atomic mass is 35.5. The number of para-hydroxylation sites is 1. The van der Waals surface area contributed by atoms with Gasteiger partial charge in [-0.2, -0.15) is 4.68 Å². The van der Waals surface area contributed by atoms with Gasteiger partial charge in [0.2, 0.25) is 5.13 Å². The Morgan fingerprint density at radius 3 is 2.56 bits per heavy atom. The van der Waals surface area contributed by atoms with Crippen LogP contribution in [0.1, 0.15) is 12.5 Å². The number of aliphatic imine (C=N–C) groups is 1. The summed E-state index contributed by atoms with van der Waals surface area (Å²) in [6.07, 6.45) is 0. The van der Waals surface area contributed by atoms with Crippen LogP contribution >= 0.6 is 34.7 Å². The van der Waals surface area contributed by atoms with Crippen molar-refractivity contribution < 1.29 is 0 Å². The highest BCUT2D eigenvalue weighted by Crippen LogP contribution is 2.26. The van der Waals surface area contributed by atoms with Crippen LogP contribution in [0.15, 0.2) is 93.5 Å². The van der Waals surface area contributed by atoms with Gasteiger partial charge in [-0.1, -0.05) is 65.4 Å². The largest absolute Gasteiger partial charge is 0.288 e. The van der Waals surface area contributed by atoms with Crippen molar-refractivity contribution in [2.24, 2.45) is 4.99 Å². The number of hydrogen-bond acceptors (Lipinski definition) is 5. The standard InChI is InChI=1S/C26H21ClN4OS2/c1-17(28-15-16-33-20-13-11-19(27)12-14-20)23-24(18-7-3-2-4-8-18)30-31(25(23)32)26-29-21-9-5-6-10-22(21)34-26/h2-14,30H,15-16H2,1H3. The number of nitrogens with one attached hydrogen (secondary N) is 1. The average molecular weight is 505 g/mol. The third-order valence-electron chi connectivity index (χ3n) is 5.31. The maximum Gasteiger partial charge on any atom is 0.283 e. The lowest BCUT2D eigenvalue weighted by atomic mass is 10.1. The summed E-state index contributed by atoms with van der Waals surface area (Å²) in [4.78, 5) is 24.1. The zero-order valence-electron chi connectivity index (χ0n) is 18.4. The summed E-state index contributed by atoms with van der Waals surface area (Å²) in [7, 11) is 0. The predicted molar refractivity (Wildman–Crippen MR) is 144 cm³/mol. The number of thioether (sulfide) groups is 1. The van der Waals surface area contributed by atoms with E-state index < -0.39 is 0 Å². The Morgan fingerprint density at radius 2 is 1.79 bits per heavy atom. The first-order chi connectivity index (χ1) is 16.6. The molecule has 2 aromatic heterocycles. The van der Waals surface area contributed by atoms with Crippen molar-refractivity contribution in [3.05, 3.63) is 99.8 Å². The van der Waals surface area contributed by atoms with Gasteiger partial charge in [-0.15, -0.1) is 11.8 Å². The molecule has 0 fully saturated rings. The van der Waals surface area contributed by atoms with Crippen molar-refractivity contribution >= 4 is 50.6 Å². The molecule has 5 nitrogen and oxygen atoms in total. The third-order valence-corrected chi connectivity index (χ3v) is 7.58. The Morgan fingerprint density at radius 1 is 1.06 bits per heavy atom. The van der Waals surface area contributed by atoms with E-state index in [4.69, 9.17) is 16.6 Å². The van der Waals surface area contributed by atoms with Gasteiger partial charge in [-0.3, -0.25) is 14.9 Å². The molecule has 34 heavy (non-hydrogen) atoms. The predicted octanol–water partition coefficient (Wildman–Crippen LogP) is 6.70. The lowest BCUT2D eigenvalue weighted by molar-refractivity contribution is 0.845. The molecule has 0 saturated heterocycles. The van der Waals surface area contributed by atoms with Gasteiger partial charge in [0.05, 0.1) is 21.5 Å². The molecule has 0 unspecified atom stereocenters. The molecule has 0 atom stereocenters. The maximum absolute atomic E-state index is 13.6. The first-order valence-corrected chi connectivity index (χ1v) is 12.9. The van der Waals surface area contributed by atoms with Crippen molar-refractivity contribution in [3.8, 4) is 16.4 Å². The van der Waals surface area contributed by atoms with Crippen LogP contribution < -0.4 is 5.56 Å². The van der Waals surface area contributed by atoms with Crippen molar-refractivity contribution in [1.29, 1.82) is 0 Å². The molecule has 2 heterocycles. The minimum Gasteiger partial charge on any atom is -0.288 e. The van der Waals surface area contributed by atoms with Crippen LogP contribution in [0.25, 0.3) is 26.6 Å². The number of nitrogens with zero attached hydrogens (tertiary/aromatic N) is 3. The van der Waals surface area contributed by atoms with E-state index in [1.54, 1.807) is 11.8 Å². The van der Waals surface area contributed by atoms with Crippen molar-refractivity contribution in [2.45, 2.75) is 11.8 Å². The molecular weight excluding hydrogens is 484 g/mol. The van der Waals surface area contributed by atoms with E-state index in [1.165, 1.54) is 16.0 Å². The molecule has 0 aliphatic heterocycles. The zero-order chi connectivity index (χ0) is 23.5. The summed E-state index contributed by atoms with van der Waals surface area (Å²) in [6.45, 7) is 2.49. The lowest BCUT2D eigenvalue weighted by Gasteiger charge is -2.03. The molecule has 0 aliphatic carbocycles. The van der Waals surface area contributed by atoms with Gasteiger partial charge in [-0.05, 0) is 43.3 Å². The van der Waals surface area contributed by atoms with Gasteiger partial charge >= 0.3 is 0 Å². The summed E-state index contributed by atoms with van der Waals surface area (Å²) >= 11 is 9.15. The number of rotatable bonds is 7. The fourth-order valence-corrected chi connectivity index (χ4v) is 5.46. The third kappa shape index (κ3) is 4.73. The highest BCUT2D eigenvalue weighted by molar-refractivity contribution is 7.99. The quantitative estimate of drug-likeness (QED) is 0.152. The van der Waals surface area contributed by atoms with Crippen molar-refractivity contribution in [2.75, 3.05) is 12.3 Å². The molecular formula is C26H21ClN4OS2. The Bertz CT molecular complexity index is 1490. The monoisotopic (exact) mass is 504 g/mol. The minimum atomic E-state index is -0.149. The summed E-state index contributed by atoms with van der Waals surface area (Å²) < 4.78 is 2.57. The summed E-state index contributed by atoms with van der Waals surface area (Å²) in [5, 5.41) is 4.64. The molecule has 0 bridgehead atoms. The van der Waals surface area contributed by atoms with Gasteiger partial charge in [-0.25, -0.2) is 4.98 Å². The summed E-state index contributed by atoms with van der Waals surface area (Å²) in [6, 6.07) is 25.5. The van der Waals surface area contributed by atoms with Crippen LogP contribution in [0, 0.1) is 0 Å². The second-order valence-corrected chi connectivity index (χ2v) is 10.2. The van der Waals surface area contributed by atoms with E-state index in [0.29, 0.717) is 23.0 Å². The van der Waals surface area contributed by atoms with Crippen LogP contribution in [-0.4, -0.2) is 32.8 Å². The normalized spacial score (nSPS) is 11.9. The first kappa shape index (κ1) is 22.7. The molecule has 0 radical (unpaired) electrons. The van der Waals surface area contributed by atoms with Crippen molar-refractivity contribution in [3.63, 3.8) is 0 Å². The number of H-pyrrole nitrogens is 1. The van der Waals surface area contributed by atoms with Gasteiger partial charge in [0.15, 0.2) is 0 Å². The van der Waals surface area contributed by atoms with Crippen LogP contribution in [0.4, 0.5) is 0 Å². The second-order valence-electron chi connectivity index (χ2n) is 7.60. The summed E-state index contributed by atoms with van der Waals surface area (Å²) in [5.41, 5.74) is 3.68. The topological polar surface area (TPSA) is 63.0 Å². The Balaban J connectivity index is 1.47. The first-order valence-electron chi connectivity index (χ1n) is 10.8. The van der Waals surface area contributed by atoms with E-state index in [-0.39, 0.29) is 5.56 Å². The number of benzene rings is 3. The summed E-state index contributed by atoms with van der Waals surface area (Å²) in [5.74, 6) is 0.802. The molecule has 8 heteroatoms. The SMILES string of the molecule is CC(=NCCSc1ccc(Cl)cc1)c1c(-c2ccccc2)[nH]n(-c2nc3ccccc3s2)c1=O. The molecule has 0 saturated carbocycles. The molecule has 5 rings (SSSR count). The Kier molecular flexibility index (Phi) is 6.67. The Hall–Kier alpha value is -3.13. The molecule has 5 aromatic rings. The van der Waals surface area contributed by atoms with Crippen LogP contribution in [0.5, 0.6) is 0 Å². The number of hydrogen-bond donors (Lipinski definition) is 1. The molecule has 3 aromatic carbocycles. The van der Waals surface area contributed by atoms with E-state index in [1.807, 2.05) is 85.8 Å². The highest BCUT2D eigenvalue weighted by Gasteiger charge is 2.20. The smallest absolute Gasteiger partial charge is 0.283 e. The average Bonchev–Trinajstić information content (AvgIpc) is 3.44. The van der Waals surface area contributed by atoms with E-state index in [0.717, 1.165) is 37.1 Å². The van der Waals surface area contributed by atoms with Crippen molar-refractivity contribution in [1.82, 2.24) is 14.8 Å². The number of aromatic nitrogens is 3. The van der Waals surface area contributed by atoms with Gasteiger partial charge < -0.3 is 0 Å². The number of thiazole rings is 1. The number of fused-ring (bicyclic) bond motifs is 1. The fourth-order valence-electron chi connectivity index (χ4n) is 3.66. The van der Waals surface area contributed by atoms with E-state index in [2.05, 4.69) is 10.1 Å². The molecule has 0 spiro atoms. The van der Waals surface area contributed by atoms with Gasteiger partial charge in [0.25, 0.3) is 5.56 Å². The van der Waals surface area contributed by atoms with Gasteiger partial charge in [0.1, 0.15) is 0 Å². The lowest BCUT2D eigenvalue weighted by Crippen LogP contribution is -2.19.